The van der Waals surface area contributed by atoms with Crippen molar-refractivity contribution in [3.8, 4) is 34.1 Å². The third-order valence-electron chi connectivity index (χ3n) is 5.63. The largest absolute Gasteiger partial charge is 0.508 e. The third kappa shape index (κ3) is 3.71. The van der Waals surface area contributed by atoms with E-state index in [9.17, 15) is 28.6 Å². The van der Waals surface area contributed by atoms with E-state index in [-0.39, 0.29) is 40.2 Å². The molecule has 1 aromatic heterocycles. The number of carbonyl (C=O) groups is 1. The van der Waals surface area contributed by atoms with Gasteiger partial charge in [0.1, 0.15) is 40.2 Å². The Morgan fingerprint density at radius 2 is 1.79 bits per heavy atom. The Morgan fingerprint density at radius 1 is 1.03 bits per heavy atom. The lowest BCUT2D eigenvalue weighted by molar-refractivity contribution is -0.135. The number of rotatable bonds is 4. The summed E-state index contributed by atoms with van der Waals surface area (Å²) >= 11 is 0. The molecule has 3 aromatic carbocycles. The molecule has 9 heteroatoms. The summed E-state index contributed by atoms with van der Waals surface area (Å²) in [7, 11) is 0. The lowest BCUT2D eigenvalue weighted by atomic mass is 9.85. The molecule has 0 saturated heterocycles. The maximum atomic E-state index is 13.3. The molecule has 0 spiro atoms. The molecule has 0 bridgehead atoms. The molecule has 2 heterocycles. The second-order valence-electron chi connectivity index (χ2n) is 7.72. The molecule has 1 aliphatic heterocycles. The Bertz CT molecular complexity index is 1480. The maximum absolute atomic E-state index is 13.3. The van der Waals surface area contributed by atoms with Crippen molar-refractivity contribution in [2.75, 3.05) is 0 Å². The molecule has 1 atom stereocenters. The van der Waals surface area contributed by atoms with Gasteiger partial charge in [-0.1, -0.05) is 24.3 Å². The highest BCUT2D eigenvalue weighted by molar-refractivity contribution is 5.94. The van der Waals surface area contributed by atoms with Crippen molar-refractivity contribution < 1.29 is 37.7 Å². The fourth-order valence-corrected chi connectivity index (χ4v) is 4.16. The zero-order valence-corrected chi connectivity index (χ0v) is 17.3. The molecule has 5 rings (SSSR count). The van der Waals surface area contributed by atoms with Crippen molar-refractivity contribution in [2.45, 2.75) is 19.0 Å². The van der Waals surface area contributed by atoms with E-state index in [1.807, 2.05) is 0 Å². The van der Waals surface area contributed by atoms with Gasteiger partial charge < -0.3 is 24.1 Å². The number of benzene rings is 3. The van der Waals surface area contributed by atoms with Crippen molar-refractivity contribution in [1.82, 2.24) is 0 Å². The van der Waals surface area contributed by atoms with Gasteiger partial charge >= 0.3 is 12.6 Å². The van der Waals surface area contributed by atoms with Crippen LogP contribution in [0.3, 0.4) is 0 Å². The van der Waals surface area contributed by atoms with Crippen LogP contribution in [-0.4, -0.2) is 22.8 Å². The predicted octanol–water partition coefficient (Wildman–Crippen LogP) is 4.91. The molecule has 172 valence electrons. The number of aromatic hydroxyl groups is 2. The highest BCUT2D eigenvalue weighted by Gasteiger charge is 2.34. The summed E-state index contributed by atoms with van der Waals surface area (Å²) < 4.78 is 41.0. The van der Waals surface area contributed by atoms with E-state index in [4.69, 9.17) is 9.15 Å². The van der Waals surface area contributed by atoms with Crippen LogP contribution < -0.4 is 14.9 Å². The van der Waals surface area contributed by atoms with Crippen molar-refractivity contribution in [2.24, 2.45) is 0 Å². The third-order valence-corrected chi connectivity index (χ3v) is 5.63. The summed E-state index contributed by atoms with van der Waals surface area (Å²) in [4.78, 5) is 25.6. The number of phenols is 2. The summed E-state index contributed by atoms with van der Waals surface area (Å²) in [5.41, 5.74) is 0.895. The number of halogens is 2. The van der Waals surface area contributed by atoms with Gasteiger partial charge in [-0.3, -0.25) is 9.59 Å². The molecule has 1 aliphatic rings. The van der Waals surface area contributed by atoms with Crippen LogP contribution >= 0.6 is 0 Å². The van der Waals surface area contributed by atoms with Crippen molar-refractivity contribution in [1.29, 1.82) is 0 Å². The molecule has 7 nitrogen and oxygen atoms in total. The van der Waals surface area contributed by atoms with Gasteiger partial charge in [-0.25, -0.2) is 0 Å². The van der Waals surface area contributed by atoms with E-state index in [1.54, 1.807) is 6.07 Å². The van der Waals surface area contributed by atoms with Gasteiger partial charge in [0.15, 0.2) is 0 Å². The van der Waals surface area contributed by atoms with Crippen LogP contribution in [0.1, 0.15) is 23.5 Å². The number of fused-ring (bicyclic) bond motifs is 3. The van der Waals surface area contributed by atoms with Crippen LogP contribution in [-0.2, 0) is 4.79 Å². The Labute approximate surface area is 190 Å². The minimum atomic E-state index is -3.02. The van der Waals surface area contributed by atoms with Gasteiger partial charge in [-0.05, 0) is 35.4 Å². The van der Waals surface area contributed by atoms with E-state index < -0.39 is 29.7 Å². The molecule has 34 heavy (non-hydrogen) atoms. The highest BCUT2D eigenvalue weighted by Crippen LogP contribution is 2.46. The first-order valence-electron chi connectivity index (χ1n) is 10.2. The van der Waals surface area contributed by atoms with Gasteiger partial charge in [-0.2, -0.15) is 8.78 Å². The van der Waals surface area contributed by atoms with E-state index in [1.165, 1.54) is 54.8 Å². The first-order valence-corrected chi connectivity index (χ1v) is 10.2. The van der Waals surface area contributed by atoms with Crippen LogP contribution in [0.5, 0.6) is 23.0 Å². The number of ether oxygens (including phenoxy) is 2. The van der Waals surface area contributed by atoms with Crippen LogP contribution in [0.2, 0.25) is 0 Å². The number of esters is 1. The molecule has 4 aromatic rings. The van der Waals surface area contributed by atoms with Crippen LogP contribution in [0, 0.1) is 0 Å². The summed E-state index contributed by atoms with van der Waals surface area (Å²) in [6.07, 6.45) is 1.08. The molecular weight excluding hydrogens is 450 g/mol. The number of hydrogen-bond donors (Lipinski definition) is 2. The molecule has 0 radical (unpaired) electrons. The number of carbonyl (C=O) groups excluding carboxylic acids is 1. The van der Waals surface area contributed by atoms with Gasteiger partial charge in [-0.15, -0.1) is 0 Å². The molecule has 0 saturated carbocycles. The highest BCUT2D eigenvalue weighted by atomic mass is 19.3. The van der Waals surface area contributed by atoms with Crippen LogP contribution in [0.15, 0.2) is 70.1 Å². The zero-order valence-electron chi connectivity index (χ0n) is 17.3. The summed E-state index contributed by atoms with van der Waals surface area (Å²) in [6, 6.07) is 12.9. The van der Waals surface area contributed by atoms with Crippen molar-refractivity contribution in [3.05, 3.63) is 82.2 Å². The topological polar surface area (TPSA) is 106 Å². The lowest BCUT2D eigenvalue weighted by Gasteiger charge is -2.26. The van der Waals surface area contributed by atoms with Crippen molar-refractivity contribution >= 4 is 16.9 Å². The van der Waals surface area contributed by atoms with Gasteiger partial charge in [0.2, 0.25) is 5.43 Å². The van der Waals surface area contributed by atoms with Gasteiger partial charge in [0.25, 0.3) is 0 Å². The minimum Gasteiger partial charge on any atom is -0.508 e. The minimum absolute atomic E-state index is 0.00645. The fourth-order valence-electron chi connectivity index (χ4n) is 4.16. The first kappa shape index (κ1) is 21.4. The average molecular weight is 466 g/mol. The normalized spacial score (nSPS) is 15.3. The van der Waals surface area contributed by atoms with E-state index in [0.29, 0.717) is 16.7 Å². The Hall–Kier alpha value is -4.40. The molecular formula is C25H16F2O7. The van der Waals surface area contributed by atoms with Crippen LogP contribution in [0.4, 0.5) is 8.78 Å². The second kappa shape index (κ2) is 8.18. The average Bonchev–Trinajstić information content (AvgIpc) is 2.79. The summed E-state index contributed by atoms with van der Waals surface area (Å²) in [5.74, 6) is -1.80. The fraction of sp³-hybridized carbons (Fsp3) is 0.120. The molecule has 0 fully saturated rings. The van der Waals surface area contributed by atoms with E-state index in [2.05, 4.69) is 4.74 Å². The SMILES string of the molecule is O=C1CC(c2cccc(OC(F)F)c2)c2c(cc(O)c3c(=O)c(-c4ccc(O)cc4)coc23)O1. The Morgan fingerprint density at radius 3 is 2.53 bits per heavy atom. The quantitative estimate of drug-likeness (QED) is 0.325. The second-order valence-corrected chi connectivity index (χ2v) is 7.72. The first-order chi connectivity index (χ1) is 16.3. The number of hydrogen-bond acceptors (Lipinski definition) is 7. The summed E-state index contributed by atoms with van der Waals surface area (Å²) in [6.45, 7) is -3.02. The number of alkyl halides is 2. The maximum Gasteiger partial charge on any atom is 0.387 e. The van der Waals surface area contributed by atoms with Crippen LogP contribution in [0.25, 0.3) is 22.1 Å². The van der Waals surface area contributed by atoms with E-state index >= 15 is 0 Å². The Balaban J connectivity index is 1.72. The van der Waals surface area contributed by atoms with E-state index in [0.717, 1.165) is 0 Å². The van der Waals surface area contributed by atoms with Crippen molar-refractivity contribution in [3.63, 3.8) is 0 Å². The molecule has 0 amide bonds. The number of phenolic OH excluding ortho intramolecular Hbond substituents is 2. The predicted molar refractivity (Wildman–Crippen MR) is 116 cm³/mol. The Kier molecular flexibility index (Phi) is 5.16. The zero-order chi connectivity index (χ0) is 24.0. The van der Waals surface area contributed by atoms with Gasteiger partial charge in [0, 0.05) is 17.5 Å². The standard InChI is InChI=1S/C25H16F2O7/c26-25(27)33-15-3-1-2-13(8-15)16-9-20(30)34-19-10-18(29)22-23(31)17(11-32-24(22)21(16)19)12-4-6-14(28)7-5-12/h1-8,10-11,16,25,28-29H,9H2. The molecule has 2 N–H and O–H groups in total. The smallest absolute Gasteiger partial charge is 0.387 e. The molecule has 0 aliphatic carbocycles. The molecule has 1 unspecified atom stereocenters. The summed E-state index contributed by atoms with van der Waals surface area (Å²) in [5, 5.41) is 20.0. The lowest BCUT2D eigenvalue weighted by Crippen LogP contribution is -2.22. The van der Waals surface area contributed by atoms with Gasteiger partial charge in [0.05, 0.1) is 12.0 Å². The monoisotopic (exact) mass is 466 g/mol.